The molecule has 0 aromatic heterocycles. The molecule has 0 radical (unpaired) electrons. The monoisotopic (exact) mass is 491 g/mol. The van der Waals surface area contributed by atoms with Gasteiger partial charge in [0.15, 0.2) is 6.23 Å². The van der Waals surface area contributed by atoms with Gasteiger partial charge in [-0.1, -0.05) is 95.2 Å². The van der Waals surface area contributed by atoms with Crippen LogP contribution in [0.5, 0.6) is 0 Å². The van der Waals surface area contributed by atoms with Gasteiger partial charge in [0.25, 0.3) is 0 Å². The molecule has 0 saturated heterocycles. The summed E-state index contributed by atoms with van der Waals surface area (Å²) in [7, 11) is 2.11. The van der Waals surface area contributed by atoms with Crippen LogP contribution in [0.2, 0.25) is 0 Å². The van der Waals surface area contributed by atoms with Crippen molar-refractivity contribution in [3.05, 3.63) is 29.7 Å². The zero-order chi connectivity index (χ0) is 25.6. The van der Waals surface area contributed by atoms with E-state index in [9.17, 15) is 0 Å². The number of nitrogens with zero attached hydrogens (tertiary/aromatic N) is 2. The Bertz CT molecular complexity index is 763. The van der Waals surface area contributed by atoms with Crippen molar-refractivity contribution in [2.24, 2.45) is 28.3 Å². The van der Waals surface area contributed by atoms with Crippen molar-refractivity contribution in [2.45, 2.75) is 118 Å². The third-order valence-electron chi connectivity index (χ3n) is 9.36. The first-order valence-electron chi connectivity index (χ1n) is 14.5. The first-order valence-corrected chi connectivity index (χ1v) is 14.5. The summed E-state index contributed by atoms with van der Waals surface area (Å²) >= 11 is 0. The van der Waals surface area contributed by atoms with Crippen LogP contribution in [-0.4, -0.2) is 43.0 Å². The zero-order valence-corrected chi connectivity index (χ0v) is 25.0. The number of hydrogen-bond acceptors (Lipinski definition) is 4. The fraction of sp³-hybridized carbons (Fsp3) is 0.806. The van der Waals surface area contributed by atoms with E-state index in [1.807, 2.05) is 5.92 Å². The van der Waals surface area contributed by atoms with E-state index < -0.39 is 0 Å². The van der Waals surface area contributed by atoms with E-state index in [2.05, 4.69) is 76.6 Å². The molecule has 0 spiro atoms. The Morgan fingerprint density at radius 3 is 2.75 bits per heavy atom. The summed E-state index contributed by atoms with van der Waals surface area (Å²) in [6.07, 6.45) is 15.3. The molecule has 3 unspecified atom stereocenters. The SMILES string of the molecule is C=C1C=C2CC[C-](C3CC[C@H](/C(C)=N/OC(C)N(C)CCNC(C)C)C3)C(CCCC)[C@@]2(C)CC1.[Li+]. The molecule has 0 heterocycles. The second-order valence-electron chi connectivity index (χ2n) is 12.2. The second kappa shape index (κ2) is 14.6. The number of likely N-dealkylation sites (N-methyl/N-ethyl adjacent to an activating group) is 1. The summed E-state index contributed by atoms with van der Waals surface area (Å²) in [5, 5.41) is 8.10. The summed E-state index contributed by atoms with van der Waals surface area (Å²) < 4.78 is 0. The average molecular weight is 492 g/mol. The molecule has 3 rings (SSSR count). The Labute approximate surface area is 235 Å². The molecule has 200 valence electrons. The van der Waals surface area contributed by atoms with Gasteiger partial charge >= 0.3 is 18.9 Å². The van der Waals surface area contributed by atoms with E-state index in [0.717, 1.165) is 24.9 Å². The van der Waals surface area contributed by atoms with Gasteiger partial charge in [0, 0.05) is 19.1 Å². The molecule has 0 aliphatic heterocycles. The van der Waals surface area contributed by atoms with E-state index in [1.54, 1.807) is 5.57 Å². The molecule has 1 N–H and O–H groups in total. The van der Waals surface area contributed by atoms with Crippen LogP contribution in [0.1, 0.15) is 106 Å². The van der Waals surface area contributed by atoms with Crippen molar-refractivity contribution < 1.29 is 23.7 Å². The summed E-state index contributed by atoms with van der Waals surface area (Å²) in [6, 6.07) is 0.515. The van der Waals surface area contributed by atoms with Gasteiger partial charge in [-0.25, -0.2) is 0 Å². The van der Waals surface area contributed by atoms with E-state index in [4.69, 9.17) is 4.84 Å². The molecule has 0 aromatic rings. The smallest absolute Gasteiger partial charge is 0.377 e. The average Bonchev–Trinajstić information content (AvgIpc) is 3.31. The minimum absolute atomic E-state index is 0. The molecule has 5 atom stereocenters. The largest absolute Gasteiger partial charge is 1.00 e. The summed E-state index contributed by atoms with van der Waals surface area (Å²) in [5.74, 6) is 3.97. The van der Waals surface area contributed by atoms with Crippen molar-refractivity contribution in [2.75, 3.05) is 20.1 Å². The Balaban J connectivity index is 0.00000456. The van der Waals surface area contributed by atoms with Crippen LogP contribution < -0.4 is 24.2 Å². The standard InChI is InChI=1S/C31H54N3O.Li/c1-9-10-11-30-29(15-14-28-20-23(4)16-17-31(28,30)7)27-13-12-26(21-27)24(5)33-35-25(6)34(8)19-18-32-22(2)3;/h20,22,25-27,30,32H,4,9-19,21H2,1-3,5-8H3;/q-1;+1/b33-24+;/t25?,26-,27?,30?,31-;/m0./s1. The fourth-order valence-electron chi connectivity index (χ4n) is 6.81. The van der Waals surface area contributed by atoms with Gasteiger partial charge in [0.05, 0.1) is 5.71 Å². The first kappa shape index (κ1) is 31.7. The van der Waals surface area contributed by atoms with Gasteiger partial charge in [0.2, 0.25) is 0 Å². The minimum Gasteiger partial charge on any atom is -0.377 e. The normalized spacial score (nSPS) is 30.2. The quantitative estimate of drug-likeness (QED) is 0.143. The van der Waals surface area contributed by atoms with Crippen molar-refractivity contribution in [3.63, 3.8) is 0 Å². The number of allylic oxidation sites excluding steroid dienone is 3. The molecule has 36 heavy (non-hydrogen) atoms. The molecule has 3 aliphatic rings. The number of fused-ring (bicyclic) bond motifs is 1. The van der Waals surface area contributed by atoms with Crippen LogP contribution in [0.15, 0.2) is 29.0 Å². The third kappa shape index (κ3) is 7.99. The molecule has 0 aromatic carbocycles. The van der Waals surface area contributed by atoms with Crippen molar-refractivity contribution >= 4 is 5.71 Å². The summed E-state index contributed by atoms with van der Waals surface area (Å²) in [5.41, 5.74) is 4.59. The Morgan fingerprint density at radius 2 is 2.06 bits per heavy atom. The van der Waals surface area contributed by atoms with Crippen LogP contribution in [0.4, 0.5) is 0 Å². The van der Waals surface area contributed by atoms with E-state index in [-0.39, 0.29) is 25.1 Å². The zero-order valence-electron chi connectivity index (χ0n) is 25.0. The van der Waals surface area contributed by atoms with Crippen LogP contribution >= 0.6 is 0 Å². The topological polar surface area (TPSA) is 36.9 Å². The van der Waals surface area contributed by atoms with Crippen LogP contribution in [-0.2, 0) is 4.84 Å². The maximum Gasteiger partial charge on any atom is 1.00 e. The van der Waals surface area contributed by atoms with E-state index in [0.29, 0.717) is 17.4 Å². The number of oxime groups is 1. The van der Waals surface area contributed by atoms with Gasteiger partial charge in [-0.2, -0.15) is 18.3 Å². The Kier molecular flexibility index (Phi) is 12.8. The third-order valence-corrected chi connectivity index (χ3v) is 9.36. The first-order chi connectivity index (χ1) is 16.7. The van der Waals surface area contributed by atoms with Crippen molar-refractivity contribution in [3.8, 4) is 0 Å². The molecule has 4 nitrogen and oxygen atoms in total. The fourth-order valence-corrected chi connectivity index (χ4v) is 6.81. The van der Waals surface area contributed by atoms with E-state index >= 15 is 0 Å². The molecular formula is C31H54LiN3O. The summed E-state index contributed by atoms with van der Waals surface area (Å²) in [4.78, 5) is 8.18. The number of nitrogens with one attached hydrogen (secondary N) is 1. The van der Waals surface area contributed by atoms with Crippen LogP contribution in [0.3, 0.4) is 0 Å². The minimum atomic E-state index is -0.00605. The van der Waals surface area contributed by atoms with E-state index in [1.165, 1.54) is 75.5 Å². The van der Waals surface area contributed by atoms with Crippen molar-refractivity contribution in [1.82, 2.24) is 10.2 Å². The second-order valence-corrected chi connectivity index (χ2v) is 12.2. The van der Waals surface area contributed by atoms with Gasteiger partial charge in [-0.3, -0.25) is 4.90 Å². The van der Waals surface area contributed by atoms with Gasteiger partial charge in [-0.15, -0.1) is 0 Å². The summed E-state index contributed by atoms with van der Waals surface area (Å²) in [6.45, 7) is 19.8. The number of unbranched alkanes of at least 4 members (excludes halogenated alkanes) is 1. The predicted octanol–water partition coefficient (Wildman–Crippen LogP) is 4.53. The van der Waals surface area contributed by atoms with Gasteiger partial charge in [-0.05, 0) is 51.5 Å². The molecular weight excluding hydrogens is 437 g/mol. The van der Waals surface area contributed by atoms with Crippen LogP contribution in [0.25, 0.3) is 0 Å². The molecule has 2 fully saturated rings. The number of rotatable bonds is 12. The molecule has 5 heteroatoms. The van der Waals surface area contributed by atoms with Crippen molar-refractivity contribution in [1.29, 1.82) is 0 Å². The predicted molar refractivity (Wildman–Crippen MR) is 150 cm³/mol. The molecule has 0 bridgehead atoms. The van der Waals surface area contributed by atoms with Crippen LogP contribution in [0, 0.1) is 29.1 Å². The number of hydrogen-bond donors (Lipinski definition) is 1. The maximum absolute atomic E-state index is 5.95. The van der Waals surface area contributed by atoms with Gasteiger partial charge < -0.3 is 16.1 Å². The molecule has 0 amide bonds. The molecule has 2 saturated carbocycles. The molecule has 3 aliphatic carbocycles. The Hall–Kier alpha value is -0.533. The van der Waals surface area contributed by atoms with Gasteiger partial charge in [0.1, 0.15) is 0 Å². The Morgan fingerprint density at radius 1 is 1.31 bits per heavy atom. The maximum atomic E-state index is 5.95.